The Hall–Kier alpha value is -1.33. The topological polar surface area (TPSA) is 49.4 Å². The van der Waals surface area contributed by atoms with Crippen LogP contribution < -0.4 is 10.2 Å². The lowest BCUT2D eigenvalue weighted by Gasteiger charge is -2.25. The predicted octanol–water partition coefficient (Wildman–Crippen LogP) is 2.08. The Balaban J connectivity index is 2.34. The van der Waals surface area contributed by atoms with E-state index in [1.165, 1.54) is 0 Å². The molecule has 108 valence electrons. The molecule has 1 aliphatic rings. The van der Waals surface area contributed by atoms with Gasteiger partial charge in [-0.25, -0.2) is 0 Å². The van der Waals surface area contributed by atoms with Crippen LogP contribution in [0, 0.1) is 0 Å². The maximum absolute atomic E-state index is 12.6. The molecule has 20 heavy (non-hydrogen) atoms. The summed E-state index contributed by atoms with van der Waals surface area (Å²) in [5.41, 5.74) is 0.852. The molecule has 0 fully saturated rings. The number of para-hydroxylation sites is 1. The zero-order chi connectivity index (χ0) is 14.5. The van der Waals surface area contributed by atoms with Crippen molar-refractivity contribution < 1.29 is 9.59 Å². The molecule has 0 saturated heterocycles. The molecule has 0 aliphatic carbocycles. The molecular weight excluding hydrogens is 272 g/mol. The Morgan fingerprint density at radius 2 is 2.15 bits per heavy atom. The molecule has 1 aromatic carbocycles. The normalized spacial score (nSPS) is 18.6. The molecular formula is C15H20N2O2S. The number of benzene rings is 1. The van der Waals surface area contributed by atoms with Gasteiger partial charge < -0.3 is 10.2 Å². The van der Waals surface area contributed by atoms with Gasteiger partial charge in [-0.15, -0.1) is 11.8 Å². The average Bonchev–Trinajstić information content (AvgIpc) is 2.59. The first-order valence-corrected chi connectivity index (χ1v) is 7.94. The summed E-state index contributed by atoms with van der Waals surface area (Å²) in [7, 11) is 0. The van der Waals surface area contributed by atoms with Crippen LogP contribution in [0.1, 0.15) is 20.3 Å². The van der Waals surface area contributed by atoms with Crippen LogP contribution >= 0.6 is 11.8 Å². The number of rotatable bonds is 5. The van der Waals surface area contributed by atoms with Crippen molar-refractivity contribution in [3.05, 3.63) is 24.3 Å². The summed E-state index contributed by atoms with van der Waals surface area (Å²) < 4.78 is 0. The largest absolute Gasteiger partial charge is 0.305 e. The van der Waals surface area contributed by atoms with Gasteiger partial charge >= 0.3 is 0 Å². The molecule has 0 aromatic heterocycles. The van der Waals surface area contributed by atoms with E-state index in [1.54, 1.807) is 16.7 Å². The molecule has 1 aromatic rings. The number of carbonyl (C=O) groups is 2. The van der Waals surface area contributed by atoms with Crippen molar-refractivity contribution in [3.8, 4) is 0 Å². The summed E-state index contributed by atoms with van der Waals surface area (Å²) in [6.07, 6.45) is 0.449. The van der Waals surface area contributed by atoms with Gasteiger partial charge in [-0.3, -0.25) is 9.59 Å². The van der Waals surface area contributed by atoms with Crippen LogP contribution in [0.3, 0.4) is 0 Å². The summed E-state index contributed by atoms with van der Waals surface area (Å²) in [5, 5.41) is 3.21. The summed E-state index contributed by atoms with van der Waals surface area (Å²) in [6, 6.07) is 7.55. The van der Waals surface area contributed by atoms with Crippen molar-refractivity contribution in [3.63, 3.8) is 0 Å². The number of carbonyl (C=O) groups excluding carboxylic acids is 2. The number of thioether (sulfide) groups is 1. The Kier molecular flexibility index (Phi) is 5.20. The fraction of sp³-hybridized carbons (Fsp3) is 0.467. The fourth-order valence-corrected chi connectivity index (χ4v) is 3.30. The molecule has 0 bridgehead atoms. The number of fused-ring (bicyclic) bond motifs is 1. The van der Waals surface area contributed by atoms with Gasteiger partial charge in [-0.05, 0) is 18.7 Å². The highest BCUT2D eigenvalue weighted by Gasteiger charge is 2.30. The zero-order valence-corrected chi connectivity index (χ0v) is 12.7. The fourth-order valence-electron chi connectivity index (χ4n) is 2.20. The Bertz CT molecular complexity index is 504. The van der Waals surface area contributed by atoms with Crippen molar-refractivity contribution in [2.75, 3.05) is 23.7 Å². The maximum atomic E-state index is 12.6. The first kappa shape index (κ1) is 15.1. The smallest absolute Gasteiger partial charge is 0.245 e. The van der Waals surface area contributed by atoms with E-state index in [0.29, 0.717) is 12.2 Å². The third kappa shape index (κ3) is 3.22. The van der Waals surface area contributed by atoms with E-state index in [9.17, 15) is 9.59 Å². The quantitative estimate of drug-likeness (QED) is 0.903. The highest BCUT2D eigenvalue weighted by atomic mass is 32.2. The maximum Gasteiger partial charge on any atom is 0.245 e. The molecule has 5 heteroatoms. The van der Waals surface area contributed by atoms with Crippen molar-refractivity contribution >= 4 is 29.1 Å². The second-order valence-electron chi connectivity index (χ2n) is 4.71. The highest BCUT2D eigenvalue weighted by Crippen LogP contribution is 2.34. The van der Waals surface area contributed by atoms with Crippen LogP contribution in [0.15, 0.2) is 29.2 Å². The second kappa shape index (κ2) is 6.90. The standard InChI is InChI=1S/C15H20N2O2S/c1-3-11(18)9-17-13-7-5-6-8-14(13)20-10-12(15(17)19)16-4-2/h5-8,12,16H,3-4,9-10H2,1-2H3/t12-/m0/s1. The molecule has 1 aliphatic heterocycles. The van der Waals surface area contributed by atoms with E-state index in [0.717, 1.165) is 17.1 Å². The van der Waals surface area contributed by atoms with Gasteiger partial charge in [0.1, 0.15) is 0 Å². The lowest BCUT2D eigenvalue weighted by Crippen LogP contribution is -2.48. The number of hydrogen-bond acceptors (Lipinski definition) is 4. The second-order valence-corrected chi connectivity index (χ2v) is 5.77. The van der Waals surface area contributed by atoms with Gasteiger partial charge in [-0.1, -0.05) is 26.0 Å². The van der Waals surface area contributed by atoms with Gasteiger partial charge in [0, 0.05) is 17.1 Å². The number of nitrogens with zero attached hydrogens (tertiary/aromatic N) is 1. The summed E-state index contributed by atoms with van der Waals surface area (Å²) in [6.45, 7) is 4.71. The molecule has 1 amide bonds. The van der Waals surface area contributed by atoms with Gasteiger partial charge in [0.05, 0.1) is 18.3 Å². The lowest BCUT2D eigenvalue weighted by atomic mass is 10.2. The van der Waals surface area contributed by atoms with Gasteiger partial charge in [0.2, 0.25) is 5.91 Å². The third-order valence-electron chi connectivity index (χ3n) is 3.31. The lowest BCUT2D eigenvalue weighted by molar-refractivity contribution is -0.123. The number of nitrogens with one attached hydrogen (secondary N) is 1. The predicted molar refractivity (Wildman–Crippen MR) is 82.3 cm³/mol. The number of hydrogen-bond donors (Lipinski definition) is 1. The average molecular weight is 292 g/mol. The van der Waals surface area contributed by atoms with Crippen LogP contribution in [0.2, 0.25) is 0 Å². The van der Waals surface area contributed by atoms with E-state index in [-0.39, 0.29) is 24.3 Å². The van der Waals surface area contributed by atoms with Crippen LogP contribution in [-0.4, -0.2) is 36.6 Å². The summed E-state index contributed by atoms with van der Waals surface area (Å²) in [4.78, 5) is 27.1. The summed E-state index contributed by atoms with van der Waals surface area (Å²) >= 11 is 1.66. The molecule has 0 spiro atoms. The Morgan fingerprint density at radius 1 is 1.40 bits per heavy atom. The zero-order valence-electron chi connectivity index (χ0n) is 11.9. The first-order chi connectivity index (χ1) is 9.67. The minimum Gasteiger partial charge on any atom is -0.305 e. The number of amides is 1. The van der Waals surface area contributed by atoms with Crippen LogP contribution in [-0.2, 0) is 9.59 Å². The minimum atomic E-state index is -0.234. The molecule has 1 N–H and O–H groups in total. The Morgan fingerprint density at radius 3 is 2.85 bits per heavy atom. The molecule has 2 rings (SSSR count). The van der Waals surface area contributed by atoms with E-state index in [1.807, 2.05) is 38.1 Å². The van der Waals surface area contributed by atoms with E-state index in [2.05, 4.69) is 5.32 Å². The number of likely N-dealkylation sites (N-methyl/N-ethyl adjacent to an activating group) is 1. The van der Waals surface area contributed by atoms with Crippen molar-refractivity contribution in [1.82, 2.24) is 5.32 Å². The SMILES string of the molecule is CCN[C@H]1CSc2ccccc2N(CC(=O)CC)C1=O. The van der Waals surface area contributed by atoms with Crippen molar-refractivity contribution in [1.29, 1.82) is 0 Å². The van der Waals surface area contributed by atoms with E-state index >= 15 is 0 Å². The van der Waals surface area contributed by atoms with Crippen molar-refractivity contribution in [2.45, 2.75) is 31.2 Å². The monoisotopic (exact) mass is 292 g/mol. The Labute approximate surface area is 123 Å². The minimum absolute atomic E-state index is 0.00824. The third-order valence-corrected chi connectivity index (χ3v) is 4.46. The molecule has 4 nitrogen and oxygen atoms in total. The van der Waals surface area contributed by atoms with E-state index < -0.39 is 0 Å². The molecule has 0 unspecified atom stereocenters. The summed E-state index contributed by atoms with van der Waals surface area (Å²) in [5.74, 6) is 0.766. The van der Waals surface area contributed by atoms with E-state index in [4.69, 9.17) is 0 Å². The number of Topliss-reactive ketones (excluding diaryl/α,β-unsaturated/α-hetero) is 1. The molecule has 1 heterocycles. The molecule has 1 atom stereocenters. The van der Waals surface area contributed by atoms with Gasteiger partial charge in [0.15, 0.2) is 5.78 Å². The van der Waals surface area contributed by atoms with Crippen LogP contribution in [0.5, 0.6) is 0 Å². The molecule has 0 radical (unpaired) electrons. The first-order valence-electron chi connectivity index (χ1n) is 6.95. The number of anilines is 1. The number of ketones is 1. The van der Waals surface area contributed by atoms with Crippen molar-refractivity contribution in [2.24, 2.45) is 0 Å². The highest BCUT2D eigenvalue weighted by molar-refractivity contribution is 7.99. The van der Waals surface area contributed by atoms with Gasteiger partial charge in [-0.2, -0.15) is 0 Å². The molecule has 0 saturated carbocycles. The van der Waals surface area contributed by atoms with Gasteiger partial charge in [0.25, 0.3) is 0 Å². The van der Waals surface area contributed by atoms with Crippen LogP contribution in [0.4, 0.5) is 5.69 Å². The van der Waals surface area contributed by atoms with Crippen LogP contribution in [0.25, 0.3) is 0 Å².